The van der Waals surface area contributed by atoms with E-state index in [-0.39, 0.29) is 24.0 Å². The fraction of sp³-hybridized carbons (Fsp3) is 0.875. The number of carbonyl (C=O) groups is 2. The Bertz CT molecular complexity index is 319. The highest BCUT2D eigenvalue weighted by Gasteiger charge is 2.23. The topological polar surface area (TPSA) is 76.7 Å². The number of Topliss-reactive ketones (excluding diaryl/α,β-unsaturated/α-hetero) is 1. The molecule has 0 spiro atoms. The summed E-state index contributed by atoms with van der Waals surface area (Å²) in [5.74, 6) is 0.285. The number of ketones is 1. The molecular formula is C16H32N2O4. The predicted molar refractivity (Wildman–Crippen MR) is 86.8 cm³/mol. The smallest absolute Gasteiger partial charge is 0.222 e. The van der Waals surface area contributed by atoms with Gasteiger partial charge < -0.3 is 20.1 Å². The summed E-state index contributed by atoms with van der Waals surface area (Å²) in [6, 6.07) is -0.420. The molecule has 0 bridgehead atoms. The lowest BCUT2D eigenvalue weighted by atomic mass is 9.98. The molecule has 0 fully saturated rings. The van der Waals surface area contributed by atoms with E-state index in [2.05, 4.69) is 24.5 Å². The highest BCUT2D eigenvalue weighted by Crippen LogP contribution is 2.05. The highest BCUT2D eigenvalue weighted by molar-refractivity contribution is 5.90. The highest BCUT2D eigenvalue weighted by atomic mass is 16.5. The summed E-state index contributed by atoms with van der Waals surface area (Å²) in [6.07, 6.45) is 0.168. The van der Waals surface area contributed by atoms with Crippen molar-refractivity contribution in [1.82, 2.24) is 10.6 Å². The van der Waals surface area contributed by atoms with Gasteiger partial charge in [0, 0.05) is 26.0 Å². The van der Waals surface area contributed by atoms with Crippen LogP contribution in [0.4, 0.5) is 0 Å². The molecule has 0 aromatic rings. The van der Waals surface area contributed by atoms with Gasteiger partial charge in [0.05, 0.1) is 25.9 Å². The fourth-order valence-corrected chi connectivity index (χ4v) is 1.82. The summed E-state index contributed by atoms with van der Waals surface area (Å²) in [6.45, 7) is 10.5. The summed E-state index contributed by atoms with van der Waals surface area (Å²) in [5, 5.41) is 5.97. The van der Waals surface area contributed by atoms with Crippen molar-refractivity contribution in [3.05, 3.63) is 0 Å². The Morgan fingerprint density at radius 3 is 2.27 bits per heavy atom. The molecular weight excluding hydrogens is 284 g/mol. The third kappa shape index (κ3) is 10.7. The molecule has 0 saturated heterocycles. The van der Waals surface area contributed by atoms with Crippen LogP contribution in [0.1, 0.15) is 34.1 Å². The van der Waals surface area contributed by atoms with Gasteiger partial charge in [0.2, 0.25) is 5.91 Å². The lowest BCUT2D eigenvalue weighted by Crippen LogP contribution is -2.44. The molecule has 6 nitrogen and oxygen atoms in total. The quantitative estimate of drug-likeness (QED) is 0.496. The molecule has 0 heterocycles. The molecule has 22 heavy (non-hydrogen) atoms. The number of amides is 1. The van der Waals surface area contributed by atoms with E-state index in [1.807, 2.05) is 13.8 Å². The number of hydrogen-bond acceptors (Lipinski definition) is 5. The first-order valence-electron chi connectivity index (χ1n) is 7.99. The van der Waals surface area contributed by atoms with Crippen molar-refractivity contribution in [2.75, 3.05) is 40.0 Å². The largest absolute Gasteiger partial charge is 0.382 e. The minimum Gasteiger partial charge on any atom is -0.382 e. The third-order valence-electron chi connectivity index (χ3n) is 3.07. The van der Waals surface area contributed by atoms with Crippen molar-refractivity contribution in [3.8, 4) is 0 Å². The van der Waals surface area contributed by atoms with Gasteiger partial charge in [0.1, 0.15) is 0 Å². The second kappa shape index (κ2) is 12.6. The van der Waals surface area contributed by atoms with Crippen molar-refractivity contribution in [2.24, 2.45) is 11.8 Å². The van der Waals surface area contributed by atoms with E-state index in [1.165, 1.54) is 0 Å². The molecule has 0 aliphatic heterocycles. The monoisotopic (exact) mass is 316 g/mol. The van der Waals surface area contributed by atoms with Crippen LogP contribution < -0.4 is 10.6 Å². The Balaban J connectivity index is 4.12. The number of carbonyl (C=O) groups excluding carboxylic acids is 2. The number of rotatable bonds is 13. The van der Waals surface area contributed by atoms with Gasteiger partial charge in [-0.15, -0.1) is 0 Å². The van der Waals surface area contributed by atoms with Crippen molar-refractivity contribution < 1.29 is 19.1 Å². The maximum atomic E-state index is 12.2. The molecule has 2 N–H and O–H groups in total. The average molecular weight is 316 g/mol. The minimum atomic E-state index is -0.420. The molecule has 1 amide bonds. The van der Waals surface area contributed by atoms with Gasteiger partial charge in [-0.2, -0.15) is 0 Å². The van der Waals surface area contributed by atoms with Gasteiger partial charge >= 0.3 is 0 Å². The molecule has 130 valence electrons. The van der Waals surface area contributed by atoms with Crippen LogP contribution in [0.3, 0.4) is 0 Å². The second-order valence-corrected chi connectivity index (χ2v) is 6.07. The van der Waals surface area contributed by atoms with Crippen molar-refractivity contribution in [3.63, 3.8) is 0 Å². The van der Waals surface area contributed by atoms with Crippen LogP contribution in [0.2, 0.25) is 0 Å². The number of methoxy groups -OCH3 is 1. The van der Waals surface area contributed by atoms with Crippen LogP contribution in [-0.2, 0) is 19.1 Å². The molecule has 1 unspecified atom stereocenters. The van der Waals surface area contributed by atoms with Gasteiger partial charge in [0.15, 0.2) is 5.78 Å². The van der Waals surface area contributed by atoms with E-state index in [9.17, 15) is 9.59 Å². The van der Waals surface area contributed by atoms with Crippen LogP contribution in [0, 0.1) is 11.8 Å². The van der Waals surface area contributed by atoms with Crippen LogP contribution in [0.5, 0.6) is 0 Å². The standard InChI is InChI=1S/C16H32N2O4/c1-12(2)11-18-14(16(20)13(3)4)10-15(19)17-6-7-22-9-8-21-5/h12-14,18H,6-11H2,1-5H3,(H,17,19). The average Bonchev–Trinajstić information content (AvgIpc) is 2.46. The second-order valence-electron chi connectivity index (χ2n) is 6.07. The SMILES string of the molecule is COCCOCCNC(=O)CC(NCC(C)C)C(=O)C(C)C. The normalized spacial score (nSPS) is 12.7. The lowest BCUT2D eigenvalue weighted by molar-refractivity contribution is -0.129. The molecule has 0 aliphatic rings. The zero-order valence-corrected chi connectivity index (χ0v) is 14.6. The number of nitrogens with one attached hydrogen (secondary N) is 2. The number of hydrogen-bond donors (Lipinski definition) is 2. The molecule has 0 saturated carbocycles. The lowest BCUT2D eigenvalue weighted by Gasteiger charge is -2.20. The zero-order valence-electron chi connectivity index (χ0n) is 14.6. The van der Waals surface area contributed by atoms with Crippen molar-refractivity contribution in [2.45, 2.75) is 40.2 Å². The summed E-state index contributed by atoms with van der Waals surface area (Å²) in [5.41, 5.74) is 0. The van der Waals surface area contributed by atoms with Crippen LogP contribution >= 0.6 is 0 Å². The molecule has 6 heteroatoms. The summed E-state index contributed by atoms with van der Waals surface area (Å²) in [7, 11) is 1.61. The van der Waals surface area contributed by atoms with E-state index in [0.717, 1.165) is 6.54 Å². The van der Waals surface area contributed by atoms with Crippen LogP contribution in [-0.4, -0.2) is 57.8 Å². The zero-order chi connectivity index (χ0) is 17.0. The minimum absolute atomic E-state index is 0.0761. The fourth-order valence-electron chi connectivity index (χ4n) is 1.82. The Morgan fingerprint density at radius 2 is 1.73 bits per heavy atom. The predicted octanol–water partition coefficient (Wildman–Crippen LogP) is 0.995. The molecule has 0 radical (unpaired) electrons. The van der Waals surface area contributed by atoms with Gasteiger partial charge in [-0.05, 0) is 12.5 Å². The van der Waals surface area contributed by atoms with Crippen molar-refractivity contribution in [1.29, 1.82) is 0 Å². The Hall–Kier alpha value is -0.980. The van der Waals surface area contributed by atoms with Gasteiger partial charge in [-0.25, -0.2) is 0 Å². The first-order valence-corrected chi connectivity index (χ1v) is 7.99. The van der Waals surface area contributed by atoms with Gasteiger partial charge in [-0.3, -0.25) is 9.59 Å². The first-order chi connectivity index (χ1) is 10.4. The maximum absolute atomic E-state index is 12.2. The Labute approximate surface area is 134 Å². The van der Waals surface area contributed by atoms with E-state index in [4.69, 9.17) is 9.47 Å². The molecule has 0 aromatic heterocycles. The molecule has 0 aliphatic carbocycles. The van der Waals surface area contributed by atoms with E-state index >= 15 is 0 Å². The van der Waals surface area contributed by atoms with Crippen LogP contribution in [0.15, 0.2) is 0 Å². The van der Waals surface area contributed by atoms with Crippen molar-refractivity contribution >= 4 is 11.7 Å². The third-order valence-corrected chi connectivity index (χ3v) is 3.07. The summed E-state index contributed by atoms with van der Waals surface area (Å²) in [4.78, 5) is 24.1. The van der Waals surface area contributed by atoms with Crippen LogP contribution in [0.25, 0.3) is 0 Å². The summed E-state index contributed by atoms with van der Waals surface area (Å²) >= 11 is 0. The van der Waals surface area contributed by atoms with E-state index < -0.39 is 6.04 Å². The van der Waals surface area contributed by atoms with E-state index in [1.54, 1.807) is 7.11 Å². The maximum Gasteiger partial charge on any atom is 0.222 e. The Kier molecular flexibility index (Phi) is 12.0. The van der Waals surface area contributed by atoms with E-state index in [0.29, 0.717) is 32.3 Å². The Morgan fingerprint density at radius 1 is 1.05 bits per heavy atom. The molecule has 0 rings (SSSR count). The van der Waals surface area contributed by atoms with Gasteiger partial charge in [0.25, 0.3) is 0 Å². The molecule has 0 aromatic carbocycles. The first kappa shape index (κ1) is 21.0. The summed E-state index contributed by atoms with van der Waals surface area (Å²) < 4.78 is 10.1. The number of ether oxygens (including phenoxy) is 2. The molecule has 1 atom stereocenters. The van der Waals surface area contributed by atoms with Gasteiger partial charge in [-0.1, -0.05) is 27.7 Å².